The molecule has 0 aromatic carbocycles. The third-order valence-electron chi connectivity index (χ3n) is 3.37. The molecular weight excluding hydrogens is 326 g/mol. The normalized spacial score (nSPS) is 12.3. The number of carboxylic acid groups (broad SMARTS) is 1. The fraction of sp³-hybridized carbons (Fsp3) is 0.455. The van der Waals surface area contributed by atoms with Crippen LogP contribution < -0.4 is 5.32 Å². The van der Waals surface area contributed by atoms with Gasteiger partial charge in [-0.1, -0.05) is 67.7 Å². The standard InChI is InChI=1S/C22H33NO3/c1-2-3-4-5-6-7-8-9-10-11-12-13-14-15-16-17-18-19-21(24)23-20-22(25)26/h3-4,6-7,9-10,12-13,15-16H,2,5,8,11,14,17-20H2,1H3,(H,23,24)(H,25,26)/b4-3-,7-6-,10-9-,13-12-,16-15-. The SMILES string of the molecule is CC/C=C\C/C=C\C/C=C\C/C=C\C/C=C\CCCC(=O)NCC(=O)O. The van der Waals surface area contributed by atoms with Crippen molar-refractivity contribution in [2.45, 2.75) is 58.3 Å². The van der Waals surface area contributed by atoms with E-state index in [0.29, 0.717) is 6.42 Å². The van der Waals surface area contributed by atoms with Crippen LogP contribution in [-0.2, 0) is 9.59 Å². The second-order valence-corrected chi connectivity index (χ2v) is 5.77. The van der Waals surface area contributed by atoms with E-state index in [-0.39, 0.29) is 12.5 Å². The largest absolute Gasteiger partial charge is 0.480 e. The molecule has 0 saturated heterocycles. The van der Waals surface area contributed by atoms with Crippen LogP contribution in [0, 0.1) is 0 Å². The Bertz CT molecular complexity index is 513. The van der Waals surface area contributed by atoms with E-state index in [9.17, 15) is 9.59 Å². The lowest BCUT2D eigenvalue weighted by Crippen LogP contribution is -2.28. The number of unbranched alkanes of at least 4 members (excludes halogenated alkanes) is 1. The average molecular weight is 360 g/mol. The molecule has 0 radical (unpaired) electrons. The summed E-state index contributed by atoms with van der Waals surface area (Å²) in [5.41, 5.74) is 0. The summed E-state index contributed by atoms with van der Waals surface area (Å²) in [5, 5.41) is 10.8. The highest BCUT2D eigenvalue weighted by atomic mass is 16.4. The Morgan fingerprint density at radius 3 is 1.69 bits per heavy atom. The van der Waals surface area contributed by atoms with Crippen LogP contribution in [0.15, 0.2) is 60.8 Å². The Kier molecular flexibility index (Phi) is 17.2. The zero-order valence-corrected chi connectivity index (χ0v) is 15.9. The van der Waals surface area contributed by atoms with Crippen LogP contribution in [-0.4, -0.2) is 23.5 Å². The lowest BCUT2D eigenvalue weighted by Gasteiger charge is -2.00. The summed E-state index contributed by atoms with van der Waals surface area (Å²) < 4.78 is 0. The Hall–Kier alpha value is -2.36. The van der Waals surface area contributed by atoms with E-state index in [2.05, 4.69) is 73.0 Å². The molecule has 4 nitrogen and oxygen atoms in total. The highest BCUT2D eigenvalue weighted by Crippen LogP contribution is 1.99. The quantitative estimate of drug-likeness (QED) is 0.315. The van der Waals surface area contributed by atoms with Crippen molar-refractivity contribution < 1.29 is 14.7 Å². The molecule has 0 aliphatic heterocycles. The summed E-state index contributed by atoms with van der Waals surface area (Å²) in [6, 6.07) is 0. The van der Waals surface area contributed by atoms with Crippen LogP contribution >= 0.6 is 0 Å². The van der Waals surface area contributed by atoms with E-state index in [4.69, 9.17) is 5.11 Å². The Labute approximate surface area is 158 Å². The molecule has 0 heterocycles. The van der Waals surface area contributed by atoms with Crippen molar-refractivity contribution in [2.75, 3.05) is 6.54 Å². The van der Waals surface area contributed by atoms with Crippen molar-refractivity contribution in [2.24, 2.45) is 0 Å². The third-order valence-corrected chi connectivity index (χ3v) is 3.37. The van der Waals surface area contributed by atoms with Gasteiger partial charge in [-0.3, -0.25) is 9.59 Å². The Morgan fingerprint density at radius 2 is 1.23 bits per heavy atom. The first-order chi connectivity index (χ1) is 12.7. The molecule has 0 aromatic rings. The Balaban J connectivity index is 3.53. The van der Waals surface area contributed by atoms with Crippen molar-refractivity contribution in [1.82, 2.24) is 5.32 Å². The van der Waals surface area contributed by atoms with Crippen molar-refractivity contribution in [3.8, 4) is 0 Å². The number of hydrogen-bond donors (Lipinski definition) is 2. The van der Waals surface area contributed by atoms with Crippen LogP contribution in [0.25, 0.3) is 0 Å². The highest BCUT2D eigenvalue weighted by molar-refractivity contribution is 5.80. The summed E-state index contributed by atoms with van der Waals surface area (Å²) in [6.45, 7) is 1.83. The molecule has 0 aliphatic carbocycles. The molecule has 0 rings (SSSR count). The van der Waals surface area contributed by atoms with Crippen molar-refractivity contribution >= 4 is 11.9 Å². The van der Waals surface area contributed by atoms with Crippen molar-refractivity contribution in [3.05, 3.63) is 60.8 Å². The van der Waals surface area contributed by atoms with E-state index < -0.39 is 5.97 Å². The molecule has 0 aliphatic rings. The van der Waals surface area contributed by atoms with Gasteiger partial charge < -0.3 is 10.4 Å². The first-order valence-electron chi connectivity index (χ1n) is 9.40. The smallest absolute Gasteiger partial charge is 0.322 e. The van der Waals surface area contributed by atoms with Gasteiger partial charge in [0.2, 0.25) is 5.91 Å². The molecule has 0 bridgehead atoms. The topological polar surface area (TPSA) is 66.4 Å². The van der Waals surface area contributed by atoms with Gasteiger partial charge in [-0.05, 0) is 44.9 Å². The van der Waals surface area contributed by atoms with E-state index in [0.717, 1.165) is 44.9 Å². The minimum atomic E-state index is -1.02. The van der Waals surface area contributed by atoms with Gasteiger partial charge in [0, 0.05) is 6.42 Å². The lowest BCUT2D eigenvalue weighted by atomic mass is 10.2. The zero-order valence-electron chi connectivity index (χ0n) is 15.9. The molecule has 0 spiro atoms. The maximum Gasteiger partial charge on any atom is 0.322 e. The van der Waals surface area contributed by atoms with Crippen LogP contribution in [0.4, 0.5) is 0 Å². The summed E-state index contributed by atoms with van der Waals surface area (Å²) in [6.07, 6.45) is 28.4. The summed E-state index contributed by atoms with van der Waals surface area (Å²) in [4.78, 5) is 21.6. The zero-order chi connectivity index (χ0) is 19.3. The van der Waals surface area contributed by atoms with Gasteiger partial charge in [0.25, 0.3) is 0 Å². The molecule has 1 amide bonds. The average Bonchev–Trinajstić information content (AvgIpc) is 2.62. The van der Waals surface area contributed by atoms with Gasteiger partial charge >= 0.3 is 5.97 Å². The van der Waals surface area contributed by atoms with Gasteiger partial charge in [0.05, 0.1) is 0 Å². The van der Waals surface area contributed by atoms with Crippen LogP contribution in [0.3, 0.4) is 0 Å². The molecule has 0 fully saturated rings. The number of aliphatic carboxylic acids is 1. The van der Waals surface area contributed by atoms with Gasteiger partial charge in [0.1, 0.15) is 6.54 Å². The molecule has 26 heavy (non-hydrogen) atoms. The van der Waals surface area contributed by atoms with Crippen molar-refractivity contribution in [3.63, 3.8) is 0 Å². The first-order valence-corrected chi connectivity index (χ1v) is 9.40. The summed E-state index contributed by atoms with van der Waals surface area (Å²) >= 11 is 0. The first kappa shape index (κ1) is 23.6. The highest BCUT2D eigenvalue weighted by Gasteiger charge is 2.02. The fourth-order valence-corrected chi connectivity index (χ4v) is 2.01. The predicted octanol–water partition coefficient (Wildman–Crippen LogP) is 5.11. The van der Waals surface area contributed by atoms with Crippen LogP contribution in [0.2, 0.25) is 0 Å². The van der Waals surface area contributed by atoms with Crippen LogP contribution in [0.1, 0.15) is 58.3 Å². The number of nitrogens with one attached hydrogen (secondary N) is 1. The number of carbonyl (C=O) groups is 2. The molecule has 4 heteroatoms. The lowest BCUT2D eigenvalue weighted by molar-refractivity contribution is -0.137. The molecule has 0 aromatic heterocycles. The predicted molar refractivity (Wildman–Crippen MR) is 109 cm³/mol. The number of hydrogen-bond acceptors (Lipinski definition) is 2. The van der Waals surface area contributed by atoms with Gasteiger partial charge in [-0.2, -0.15) is 0 Å². The summed E-state index contributed by atoms with van der Waals surface area (Å²) in [7, 11) is 0. The number of carboxylic acids is 1. The number of allylic oxidation sites excluding steroid dienone is 10. The minimum Gasteiger partial charge on any atom is -0.480 e. The van der Waals surface area contributed by atoms with Gasteiger partial charge in [-0.15, -0.1) is 0 Å². The van der Waals surface area contributed by atoms with Crippen LogP contribution in [0.5, 0.6) is 0 Å². The monoisotopic (exact) mass is 359 g/mol. The van der Waals surface area contributed by atoms with Gasteiger partial charge in [0.15, 0.2) is 0 Å². The number of carbonyl (C=O) groups excluding carboxylic acids is 1. The summed E-state index contributed by atoms with van der Waals surface area (Å²) in [5.74, 6) is -1.23. The maximum absolute atomic E-state index is 11.3. The van der Waals surface area contributed by atoms with E-state index in [1.807, 2.05) is 0 Å². The third kappa shape index (κ3) is 19.7. The molecule has 2 N–H and O–H groups in total. The molecule has 144 valence electrons. The second-order valence-electron chi connectivity index (χ2n) is 5.77. The van der Waals surface area contributed by atoms with Crippen molar-refractivity contribution in [1.29, 1.82) is 0 Å². The molecule has 0 atom stereocenters. The second kappa shape index (κ2) is 19.0. The minimum absolute atomic E-state index is 0.209. The molecule has 0 unspecified atom stereocenters. The number of amides is 1. The number of rotatable bonds is 15. The van der Waals surface area contributed by atoms with E-state index in [1.54, 1.807) is 0 Å². The Morgan fingerprint density at radius 1 is 0.769 bits per heavy atom. The van der Waals surface area contributed by atoms with Gasteiger partial charge in [-0.25, -0.2) is 0 Å². The van der Waals surface area contributed by atoms with E-state index >= 15 is 0 Å². The van der Waals surface area contributed by atoms with E-state index in [1.165, 1.54) is 0 Å². The molecular formula is C22H33NO3. The fourth-order valence-electron chi connectivity index (χ4n) is 2.01. The molecule has 0 saturated carbocycles. The maximum atomic E-state index is 11.3.